The highest BCUT2D eigenvalue weighted by Crippen LogP contribution is 2.64. The molecule has 0 amide bonds. The molecule has 2 saturated heterocycles. The van der Waals surface area contributed by atoms with Crippen molar-refractivity contribution in [2.24, 2.45) is 11.8 Å². The first-order valence-electron chi connectivity index (χ1n) is 6.98. The van der Waals surface area contributed by atoms with Crippen molar-refractivity contribution in [3.63, 3.8) is 0 Å². The zero-order valence-electron chi connectivity index (χ0n) is 10.2. The van der Waals surface area contributed by atoms with E-state index in [0.29, 0.717) is 12.2 Å². The first-order chi connectivity index (χ1) is 8.86. The molecule has 2 bridgehead atoms. The molecule has 1 aliphatic carbocycles. The zero-order valence-corrected chi connectivity index (χ0v) is 11.0. The monoisotopic (exact) mass is 260 g/mol. The summed E-state index contributed by atoms with van der Waals surface area (Å²) in [5.74, 6) is 2.65. The maximum Gasteiger partial charge on any atom is 0.187 e. The lowest BCUT2D eigenvalue weighted by Crippen LogP contribution is -2.46. The van der Waals surface area contributed by atoms with Crippen molar-refractivity contribution < 1.29 is 9.47 Å². The average molecular weight is 260 g/mol. The molecule has 1 aromatic rings. The third-order valence-corrected chi connectivity index (χ3v) is 6.53. The Morgan fingerprint density at radius 1 is 1.17 bits per heavy atom. The lowest BCUT2D eigenvalue weighted by molar-refractivity contribution is 0.0281. The molecule has 18 heavy (non-hydrogen) atoms. The lowest BCUT2D eigenvalue weighted by Gasteiger charge is -2.35. The number of hydrogen-bond acceptors (Lipinski definition) is 3. The van der Waals surface area contributed by atoms with Crippen LogP contribution in [0.2, 0.25) is 0 Å². The first-order valence-corrected chi connectivity index (χ1v) is 7.80. The van der Waals surface area contributed by atoms with Crippen LogP contribution in [-0.2, 0) is 4.74 Å². The van der Waals surface area contributed by atoms with E-state index in [9.17, 15) is 0 Å². The fourth-order valence-electron chi connectivity index (χ4n) is 4.48. The summed E-state index contributed by atoms with van der Waals surface area (Å²) in [6.45, 7) is 0. The van der Waals surface area contributed by atoms with E-state index in [1.807, 2.05) is 11.8 Å². The highest BCUT2D eigenvalue weighted by Gasteiger charge is 2.66. The van der Waals surface area contributed by atoms with Gasteiger partial charge in [0.1, 0.15) is 11.9 Å². The number of para-hydroxylation sites is 1. The van der Waals surface area contributed by atoms with Crippen molar-refractivity contribution in [3.05, 3.63) is 24.3 Å². The second-order valence-electron chi connectivity index (χ2n) is 6.02. The molecule has 1 saturated carbocycles. The van der Waals surface area contributed by atoms with Crippen LogP contribution in [0, 0.1) is 11.8 Å². The van der Waals surface area contributed by atoms with Crippen LogP contribution in [0.1, 0.15) is 25.7 Å². The Kier molecular flexibility index (Phi) is 1.84. The van der Waals surface area contributed by atoms with E-state index in [0.717, 1.165) is 24.0 Å². The number of rotatable bonds is 0. The minimum atomic E-state index is -0.0974. The van der Waals surface area contributed by atoms with Crippen molar-refractivity contribution in [1.29, 1.82) is 0 Å². The standard InChI is InChI=1S/C15H16O2S/c1-2-7-13-11(6-1)17-15(18-13)8-12-9-4-3-5-10(9)14(15)16-12/h1-2,6-7,9-10,12,14H,3-5,8H2. The molecule has 0 radical (unpaired) electrons. The highest BCUT2D eigenvalue weighted by molar-refractivity contribution is 8.01. The Morgan fingerprint density at radius 3 is 3.00 bits per heavy atom. The molecule has 5 unspecified atom stereocenters. The van der Waals surface area contributed by atoms with Crippen LogP contribution in [0.4, 0.5) is 0 Å². The van der Waals surface area contributed by atoms with E-state index in [1.54, 1.807) is 0 Å². The van der Waals surface area contributed by atoms with Gasteiger partial charge in [-0.15, -0.1) is 0 Å². The van der Waals surface area contributed by atoms with Gasteiger partial charge >= 0.3 is 0 Å². The first kappa shape index (κ1) is 10.2. The van der Waals surface area contributed by atoms with Crippen molar-refractivity contribution in [2.45, 2.75) is 47.7 Å². The summed E-state index contributed by atoms with van der Waals surface area (Å²) >= 11 is 1.91. The summed E-state index contributed by atoms with van der Waals surface area (Å²) in [5.41, 5.74) is 0. The van der Waals surface area contributed by atoms with E-state index in [4.69, 9.17) is 9.47 Å². The summed E-state index contributed by atoms with van der Waals surface area (Å²) in [5, 5.41) is 0. The molecule has 3 heterocycles. The maximum absolute atomic E-state index is 6.34. The molecule has 3 aliphatic heterocycles. The molecule has 94 valence electrons. The molecule has 3 fully saturated rings. The Labute approximate surface area is 111 Å². The van der Waals surface area contributed by atoms with Gasteiger partial charge in [0.25, 0.3) is 0 Å². The van der Waals surface area contributed by atoms with Crippen LogP contribution in [-0.4, -0.2) is 17.1 Å². The van der Waals surface area contributed by atoms with Gasteiger partial charge < -0.3 is 9.47 Å². The Bertz CT molecular complexity index is 490. The van der Waals surface area contributed by atoms with Gasteiger partial charge in [0.2, 0.25) is 0 Å². The van der Waals surface area contributed by atoms with Gasteiger partial charge in [0, 0.05) is 6.42 Å². The predicted octanol–water partition coefficient (Wildman–Crippen LogP) is 3.45. The molecule has 0 N–H and O–H groups in total. The summed E-state index contributed by atoms with van der Waals surface area (Å²) in [4.78, 5) is 1.20. The van der Waals surface area contributed by atoms with Crippen LogP contribution in [0.5, 0.6) is 5.75 Å². The molecular formula is C15H16O2S. The normalized spacial score (nSPS) is 47.3. The fourth-order valence-corrected chi connectivity index (χ4v) is 5.94. The summed E-state index contributed by atoms with van der Waals surface area (Å²) in [6.07, 6.45) is 5.97. The predicted molar refractivity (Wildman–Crippen MR) is 69.8 cm³/mol. The topological polar surface area (TPSA) is 18.5 Å². The fraction of sp³-hybridized carbons (Fsp3) is 0.600. The van der Waals surface area contributed by atoms with E-state index >= 15 is 0 Å². The maximum atomic E-state index is 6.34. The number of thioether (sulfide) groups is 1. The highest BCUT2D eigenvalue weighted by atomic mass is 32.2. The second-order valence-corrected chi connectivity index (χ2v) is 7.36. The average Bonchev–Trinajstić information content (AvgIpc) is 3.07. The number of benzene rings is 1. The van der Waals surface area contributed by atoms with Gasteiger partial charge in [0.05, 0.1) is 11.0 Å². The third-order valence-electron chi connectivity index (χ3n) is 5.15. The quantitative estimate of drug-likeness (QED) is 0.712. The molecule has 1 aromatic carbocycles. The van der Waals surface area contributed by atoms with Crippen molar-refractivity contribution >= 4 is 11.8 Å². The molecule has 5 atom stereocenters. The summed E-state index contributed by atoms with van der Waals surface area (Å²) < 4.78 is 12.6. The summed E-state index contributed by atoms with van der Waals surface area (Å²) in [7, 11) is 0. The van der Waals surface area contributed by atoms with Gasteiger partial charge in [-0.2, -0.15) is 0 Å². The largest absolute Gasteiger partial charge is 0.472 e. The van der Waals surface area contributed by atoms with Gasteiger partial charge in [-0.05, 0) is 36.8 Å². The molecule has 0 aromatic heterocycles. The molecule has 2 nitrogen and oxygen atoms in total. The summed E-state index contributed by atoms with van der Waals surface area (Å²) in [6, 6.07) is 8.42. The lowest BCUT2D eigenvalue weighted by atomic mass is 9.80. The second kappa shape index (κ2) is 3.26. The van der Waals surface area contributed by atoms with Crippen LogP contribution in [0.15, 0.2) is 29.2 Å². The molecule has 4 aliphatic rings. The number of fused-ring (bicyclic) bond motifs is 7. The van der Waals surface area contributed by atoms with Crippen LogP contribution in [0.3, 0.4) is 0 Å². The van der Waals surface area contributed by atoms with Crippen molar-refractivity contribution in [1.82, 2.24) is 0 Å². The number of hydrogen-bond donors (Lipinski definition) is 0. The minimum Gasteiger partial charge on any atom is -0.472 e. The van der Waals surface area contributed by atoms with Crippen LogP contribution < -0.4 is 4.74 Å². The smallest absolute Gasteiger partial charge is 0.187 e. The molecule has 5 rings (SSSR count). The van der Waals surface area contributed by atoms with E-state index in [1.165, 1.54) is 24.2 Å². The molecule has 1 spiro atoms. The third kappa shape index (κ3) is 1.11. The van der Waals surface area contributed by atoms with Gasteiger partial charge in [-0.3, -0.25) is 0 Å². The van der Waals surface area contributed by atoms with Crippen LogP contribution in [0.25, 0.3) is 0 Å². The van der Waals surface area contributed by atoms with Gasteiger partial charge in [-0.1, -0.05) is 30.3 Å². The Balaban J connectivity index is 1.54. The minimum absolute atomic E-state index is 0.0974. The SMILES string of the molecule is c1ccc2c(c1)OC1(CC3OC1C1CCCC31)S2. The van der Waals surface area contributed by atoms with Crippen LogP contribution >= 0.6 is 11.8 Å². The Morgan fingerprint density at radius 2 is 2.06 bits per heavy atom. The van der Waals surface area contributed by atoms with E-state index < -0.39 is 0 Å². The van der Waals surface area contributed by atoms with Crippen molar-refractivity contribution in [2.75, 3.05) is 0 Å². The van der Waals surface area contributed by atoms with Gasteiger partial charge in [-0.25, -0.2) is 0 Å². The molecule has 3 heteroatoms. The van der Waals surface area contributed by atoms with E-state index in [-0.39, 0.29) is 4.93 Å². The van der Waals surface area contributed by atoms with Gasteiger partial charge in [0.15, 0.2) is 4.93 Å². The van der Waals surface area contributed by atoms with Crippen molar-refractivity contribution in [3.8, 4) is 5.75 Å². The number of ether oxygens (including phenoxy) is 2. The Hall–Kier alpha value is -0.670. The zero-order chi connectivity index (χ0) is 11.7. The van der Waals surface area contributed by atoms with E-state index in [2.05, 4.69) is 24.3 Å². The molecular weight excluding hydrogens is 244 g/mol.